The van der Waals surface area contributed by atoms with Gasteiger partial charge >= 0.3 is 0 Å². The van der Waals surface area contributed by atoms with Crippen LogP contribution in [0.5, 0.6) is 0 Å². The van der Waals surface area contributed by atoms with Crippen molar-refractivity contribution in [1.29, 1.82) is 0 Å². The maximum atomic E-state index is 4.73. The molecule has 0 amide bonds. The van der Waals surface area contributed by atoms with Crippen molar-refractivity contribution < 1.29 is 0 Å². The fourth-order valence-electron chi connectivity index (χ4n) is 3.10. The highest BCUT2D eigenvalue weighted by molar-refractivity contribution is 5.96. The molecule has 0 atom stereocenters. The Hall–Kier alpha value is -2.15. The normalized spacial score (nSPS) is 11.4. The van der Waals surface area contributed by atoms with E-state index in [4.69, 9.17) is 4.98 Å². The van der Waals surface area contributed by atoms with Crippen LogP contribution in [0, 0.1) is 20.8 Å². The maximum absolute atomic E-state index is 4.73. The molecule has 0 aliphatic heterocycles. The Morgan fingerprint density at radius 1 is 0.818 bits per heavy atom. The van der Waals surface area contributed by atoms with Crippen LogP contribution in [0.1, 0.15) is 42.0 Å². The molecule has 1 nitrogen and oxygen atoms in total. The van der Waals surface area contributed by atoms with Gasteiger partial charge in [0.2, 0.25) is 0 Å². The third kappa shape index (κ3) is 2.64. The van der Waals surface area contributed by atoms with Gasteiger partial charge in [-0.15, -0.1) is 0 Å². The van der Waals surface area contributed by atoms with E-state index in [9.17, 15) is 0 Å². The fraction of sp³-hybridized carbons (Fsp3) is 0.286. The molecular weight excluding hydrogens is 266 g/mol. The second-order valence-corrected chi connectivity index (χ2v) is 6.63. The average molecular weight is 289 g/mol. The fourth-order valence-corrected chi connectivity index (χ4v) is 3.10. The highest BCUT2D eigenvalue weighted by Gasteiger charge is 2.10. The molecule has 0 aliphatic carbocycles. The van der Waals surface area contributed by atoms with Crippen LogP contribution in [0.4, 0.5) is 0 Å². The summed E-state index contributed by atoms with van der Waals surface area (Å²) in [7, 11) is 0. The summed E-state index contributed by atoms with van der Waals surface area (Å²) >= 11 is 0. The maximum Gasteiger partial charge on any atom is 0.0780 e. The average Bonchev–Trinajstić information content (AvgIpc) is 2.46. The van der Waals surface area contributed by atoms with Crippen LogP contribution >= 0.6 is 0 Å². The smallest absolute Gasteiger partial charge is 0.0780 e. The lowest BCUT2D eigenvalue weighted by atomic mass is 9.94. The van der Waals surface area contributed by atoms with E-state index in [1.165, 1.54) is 38.6 Å². The zero-order valence-corrected chi connectivity index (χ0v) is 14.1. The summed E-state index contributed by atoms with van der Waals surface area (Å²) in [5.74, 6) is 0.543. The van der Waals surface area contributed by atoms with Crippen LogP contribution in [0.25, 0.3) is 22.0 Å². The highest BCUT2D eigenvalue weighted by Crippen LogP contribution is 2.31. The molecule has 0 aliphatic rings. The molecule has 0 spiro atoms. The number of hydrogen-bond donors (Lipinski definition) is 0. The largest absolute Gasteiger partial charge is 0.255 e. The molecule has 0 unspecified atom stereocenters. The first-order valence-electron chi connectivity index (χ1n) is 7.93. The van der Waals surface area contributed by atoms with Gasteiger partial charge in [-0.3, -0.25) is 4.98 Å². The Bertz CT molecular complexity index is 824. The van der Waals surface area contributed by atoms with Crippen LogP contribution in [0.3, 0.4) is 0 Å². The Kier molecular flexibility index (Phi) is 3.74. The van der Waals surface area contributed by atoms with E-state index >= 15 is 0 Å². The van der Waals surface area contributed by atoms with Gasteiger partial charge in [-0.1, -0.05) is 49.2 Å². The summed E-state index contributed by atoms with van der Waals surface area (Å²) in [6.45, 7) is 10.9. The number of nitrogens with zero attached hydrogens (tertiary/aromatic N) is 1. The van der Waals surface area contributed by atoms with E-state index < -0.39 is 0 Å². The van der Waals surface area contributed by atoms with Gasteiger partial charge in [0.25, 0.3) is 0 Å². The molecule has 3 aromatic rings. The van der Waals surface area contributed by atoms with Gasteiger partial charge in [0.05, 0.1) is 5.69 Å². The molecule has 22 heavy (non-hydrogen) atoms. The van der Waals surface area contributed by atoms with E-state index in [0.29, 0.717) is 5.92 Å². The Balaban J connectivity index is 2.29. The SMILES string of the molecule is Cc1cc(C)cc(-c2ncc(C)c3cc(C(C)C)ccc23)c1. The molecule has 0 bridgehead atoms. The van der Waals surface area contributed by atoms with Gasteiger partial charge in [-0.05, 0) is 55.3 Å². The van der Waals surface area contributed by atoms with Crippen molar-refractivity contribution in [2.45, 2.75) is 40.5 Å². The van der Waals surface area contributed by atoms with Crippen LogP contribution in [-0.2, 0) is 0 Å². The second-order valence-electron chi connectivity index (χ2n) is 6.63. The molecule has 1 heterocycles. The minimum Gasteiger partial charge on any atom is -0.255 e. The van der Waals surface area contributed by atoms with Crippen molar-refractivity contribution in [3.63, 3.8) is 0 Å². The Labute approximate surface area is 133 Å². The molecule has 112 valence electrons. The van der Waals surface area contributed by atoms with Crippen molar-refractivity contribution in [3.8, 4) is 11.3 Å². The molecule has 0 radical (unpaired) electrons. The third-order valence-electron chi connectivity index (χ3n) is 4.27. The first-order valence-corrected chi connectivity index (χ1v) is 7.93. The molecule has 0 saturated carbocycles. The molecule has 0 saturated heterocycles. The van der Waals surface area contributed by atoms with Gasteiger partial charge in [0, 0.05) is 17.1 Å². The molecule has 0 fully saturated rings. The van der Waals surface area contributed by atoms with Crippen LogP contribution in [-0.4, -0.2) is 4.98 Å². The second kappa shape index (κ2) is 5.57. The monoisotopic (exact) mass is 289 g/mol. The van der Waals surface area contributed by atoms with Crippen LogP contribution in [0.15, 0.2) is 42.6 Å². The molecule has 0 N–H and O–H groups in total. The number of benzene rings is 2. The number of aryl methyl sites for hydroxylation is 3. The molecule has 1 aromatic heterocycles. The van der Waals surface area contributed by atoms with E-state index in [1.807, 2.05) is 6.20 Å². The molecule has 1 heteroatoms. The Morgan fingerprint density at radius 2 is 1.50 bits per heavy atom. The van der Waals surface area contributed by atoms with Crippen molar-refractivity contribution in [2.75, 3.05) is 0 Å². The number of fused-ring (bicyclic) bond motifs is 1. The van der Waals surface area contributed by atoms with Gasteiger partial charge in [-0.2, -0.15) is 0 Å². The van der Waals surface area contributed by atoms with Crippen molar-refractivity contribution >= 4 is 10.8 Å². The van der Waals surface area contributed by atoms with Crippen molar-refractivity contribution in [1.82, 2.24) is 4.98 Å². The van der Waals surface area contributed by atoms with E-state index in [1.54, 1.807) is 0 Å². The predicted octanol–water partition coefficient (Wildman–Crippen LogP) is 5.95. The zero-order chi connectivity index (χ0) is 15.9. The van der Waals surface area contributed by atoms with Gasteiger partial charge in [0.1, 0.15) is 0 Å². The highest BCUT2D eigenvalue weighted by atomic mass is 14.7. The quantitative estimate of drug-likeness (QED) is 0.568. The van der Waals surface area contributed by atoms with Crippen molar-refractivity contribution in [2.24, 2.45) is 0 Å². The first-order chi connectivity index (χ1) is 10.5. The van der Waals surface area contributed by atoms with E-state index in [0.717, 1.165) is 5.69 Å². The predicted molar refractivity (Wildman–Crippen MR) is 95.5 cm³/mol. The first kappa shape index (κ1) is 14.8. The third-order valence-corrected chi connectivity index (χ3v) is 4.27. The van der Waals surface area contributed by atoms with Crippen molar-refractivity contribution in [3.05, 3.63) is 64.8 Å². The lowest BCUT2D eigenvalue weighted by Crippen LogP contribution is -1.93. The number of rotatable bonds is 2. The summed E-state index contributed by atoms with van der Waals surface area (Å²) in [5, 5.41) is 2.56. The summed E-state index contributed by atoms with van der Waals surface area (Å²) in [6.07, 6.45) is 2.00. The van der Waals surface area contributed by atoms with E-state index in [-0.39, 0.29) is 0 Å². The topological polar surface area (TPSA) is 12.9 Å². The van der Waals surface area contributed by atoms with Crippen LogP contribution < -0.4 is 0 Å². The molecule has 2 aromatic carbocycles. The summed E-state index contributed by atoms with van der Waals surface area (Å²) in [5.41, 5.74) is 7.48. The van der Waals surface area contributed by atoms with Gasteiger partial charge < -0.3 is 0 Å². The number of pyridine rings is 1. The molecular formula is C21H23N. The standard InChI is InChI=1S/C21H23N/c1-13(2)17-6-7-19-20(11-17)16(5)12-22-21(19)18-9-14(3)8-15(4)10-18/h6-13H,1-5H3. The van der Waals surface area contributed by atoms with E-state index in [2.05, 4.69) is 71.0 Å². The lowest BCUT2D eigenvalue weighted by Gasteiger charge is -2.13. The number of hydrogen-bond acceptors (Lipinski definition) is 1. The van der Waals surface area contributed by atoms with Gasteiger partial charge in [-0.25, -0.2) is 0 Å². The zero-order valence-electron chi connectivity index (χ0n) is 14.1. The lowest BCUT2D eigenvalue weighted by molar-refractivity contribution is 0.868. The summed E-state index contributed by atoms with van der Waals surface area (Å²) in [6, 6.07) is 13.4. The minimum absolute atomic E-state index is 0.543. The Morgan fingerprint density at radius 3 is 2.14 bits per heavy atom. The minimum atomic E-state index is 0.543. The number of aromatic nitrogens is 1. The van der Waals surface area contributed by atoms with Crippen LogP contribution in [0.2, 0.25) is 0 Å². The van der Waals surface area contributed by atoms with Gasteiger partial charge in [0.15, 0.2) is 0 Å². The molecule has 3 rings (SSSR count). The summed E-state index contributed by atoms with van der Waals surface area (Å²) < 4.78 is 0. The summed E-state index contributed by atoms with van der Waals surface area (Å²) in [4.78, 5) is 4.73.